The van der Waals surface area contributed by atoms with Crippen LogP contribution in [0.15, 0.2) is 0 Å². The molecule has 1 aliphatic carbocycles. The number of amides is 1. The molecular weight excluding hydrogens is 262 g/mol. The molecule has 122 valence electrons. The lowest BCUT2D eigenvalue weighted by molar-refractivity contribution is -0.133. The summed E-state index contributed by atoms with van der Waals surface area (Å²) in [5.41, 5.74) is 6.10. The van der Waals surface area contributed by atoms with Crippen molar-refractivity contribution in [3.63, 3.8) is 0 Å². The first-order chi connectivity index (χ1) is 10.1. The highest BCUT2D eigenvalue weighted by atomic mass is 16.2. The van der Waals surface area contributed by atoms with Crippen LogP contribution in [0.2, 0.25) is 0 Å². The van der Waals surface area contributed by atoms with Crippen molar-refractivity contribution in [1.82, 2.24) is 9.80 Å². The van der Waals surface area contributed by atoms with Crippen LogP contribution in [0.3, 0.4) is 0 Å². The molecule has 1 amide bonds. The number of nitrogens with two attached hydrogens (primary N) is 1. The van der Waals surface area contributed by atoms with Gasteiger partial charge in [0, 0.05) is 26.1 Å². The standard InChI is InChI=1S/C17H33N3O/c1-3-20-11-7-8-15(20)13-19(2)16(21)12-17(14-18)9-5-4-6-10-17/h15H,3-14,18H2,1-2H3. The van der Waals surface area contributed by atoms with Gasteiger partial charge in [-0.3, -0.25) is 9.69 Å². The SMILES string of the molecule is CCN1CCCC1CN(C)C(=O)CC1(CN)CCCCC1. The largest absolute Gasteiger partial charge is 0.344 e. The molecule has 0 aromatic rings. The molecule has 1 unspecified atom stereocenters. The number of nitrogens with zero attached hydrogens (tertiary/aromatic N) is 2. The maximum Gasteiger partial charge on any atom is 0.222 e. The number of likely N-dealkylation sites (tertiary alicyclic amines) is 1. The first-order valence-corrected chi connectivity index (χ1v) is 8.78. The van der Waals surface area contributed by atoms with Crippen LogP contribution < -0.4 is 5.73 Å². The van der Waals surface area contributed by atoms with Gasteiger partial charge >= 0.3 is 0 Å². The summed E-state index contributed by atoms with van der Waals surface area (Å²) in [7, 11) is 1.97. The van der Waals surface area contributed by atoms with Gasteiger partial charge < -0.3 is 10.6 Å². The van der Waals surface area contributed by atoms with Crippen molar-refractivity contribution in [2.75, 3.05) is 33.2 Å². The molecule has 4 nitrogen and oxygen atoms in total. The number of hydrogen-bond acceptors (Lipinski definition) is 3. The molecule has 0 radical (unpaired) electrons. The molecule has 2 aliphatic rings. The molecule has 1 saturated carbocycles. The van der Waals surface area contributed by atoms with Gasteiger partial charge in [-0.25, -0.2) is 0 Å². The maximum atomic E-state index is 12.6. The van der Waals surface area contributed by atoms with Gasteiger partial charge in [-0.1, -0.05) is 26.2 Å². The first kappa shape index (κ1) is 16.8. The quantitative estimate of drug-likeness (QED) is 0.817. The van der Waals surface area contributed by atoms with Gasteiger partial charge in [0.15, 0.2) is 0 Å². The summed E-state index contributed by atoms with van der Waals surface area (Å²) in [6.45, 7) is 6.05. The molecule has 1 heterocycles. The lowest BCUT2D eigenvalue weighted by atomic mass is 9.71. The predicted octanol–water partition coefficient (Wildman–Crippen LogP) is 2.23. The highest BCUT2D eigenvalue weighted by Crippen LogP contribution is 2.38. The summed E-state index contributed by atoms with van der Waals surface area (Å²) >= 11 is 0. The number of carbonyl (C=O) groups is 1. The molecule has 2 rings (SSSR count). The Labute approximate surface area is 130 Å². The Kier molecular flexibility index (Phi) is 6.06. The van der Waals surface area contributed by atoms with E-state index in [2.05, 4.69) is 11.8 Å². The molecule has 0 aromatic carbocycles. The van der Waals surface area contributed by atoms with E-state index in [4.69, 9.17) is 5.73 Å². The van der Waals surface area contributed by atoms with E-state index in [1.165, 1.54) is 38.6 Å². The third kappa shape index (κ3) is 4.19. The van der Waals surface area contributed by atoms with Crippen molar-refractivity contribution in [2.45, 2.75) is 64.3 Å². The van der Waals surface area contributed by atoms with Gasteiger partial charge in [0.2, 0.25) is 5.91 Å². The highest BCUT2D eigenvalue weighted by molar-refractivity contribution is 5.76. The molecule has 1 saturated heterocycles. The van der Waals surface area contributed by atoms with Crippen LogP contribution in [0, 0.1) is 5.41 Å². The van der Waals surface area contributed by atoms with Crippen LogP contribution >= 0.6 is 0 Å². The van der Waals surface area contributed by atoms with Crippen molar-refractivity contribution in [2.24, 2.45) is 11.1 Å². The minimum absolute atomic E-state index is 0.0870. The second-order valence-electron chi connectivity index (χ2n) is 7.14. The first-order valence-electron chi connectivity index (χ1n) is 8.78. The van der Waals surface area contributed by atoms with E-state index >= 15 is 0 Å². The van der Waals surface area contributed by atoms with Crippen molar-refractivity contribution in [3.8, 4) is 0 Å². The van der Waals surface area contributed by atoms with E-state index in [1.807, 2.05) is 11.9 Å². The molecular formula is C17H33N3O. The molecule has 0 bridgehead atoms. The monoisotopic (exact) mass is 295 g/mol. The fourth-order valence-corrected chi connectivity index (χ4v) is 4.15. The van der Waals surface area contributed by atoms with Gasteiger partial charge in [-0.05, 0) is 50.7 Å². The summed E-state index contributed by atoms with van der Waals surface area (Å²) in [4.78, 5) is 17.1. The number of rotatable bonds is 6. The zero-order chi connectivity index (χ0) is 15.3. The second kappa shape index (κ2) is 7.59. The summed E-state index contributed by atoms with van der Waals surface area (Å²) in [6, 6.07) is 0.559. The Bertz CT molecular complexity index is 339. The fourth-order valence-electron chi connectivity index (χ4n) is 4.15. The zero-order valence-electron chi connectivity index (χ0n) is 13.9. The Morgan fingerprint density at radius 2 is 2.00 bits per heavy atom. The summed E-state index contributed by atoms with van der Waals surface area (Å²) in [5, 5.41) is 0. The Morgan fingerprint density at radius 3 is 2.62 bits per heavy atom. The normalized spacial score (nSPS) is 26.0. The Morgan fingerprint density at radius 1 is 1.29 bits per heavy atom. The third-order valence-electron chi connectivity index (χ3n) is 5.69. The maximum absolute atomic E-state index is 12.6. The van der Waals surface area contributed by atoms with E-state index in [1.54, 1.807) is 0 Å². The van der Waals surface area contributed by atoms with E-state index < -0.39 is 0 Å². The van der Waals surface area contributed by atoms with Crippen molar-refractivity contribution >= 4 is 5.91 Å². The summed E-state index contributed by atoms with van der Waals surface area (Å²) < 4.78 is 0. The van der Waals surface area contributed by atoms with E-state index in [0.29, 0.717) is 24.9 Å². The number of hydrogen-bond donors (Lipinski definition) is 1. The van der Waals surface area contributed by atoms with Crippen LogP contribution in [0.5, 0.6) is 0 Å². The average Bonchev–Trinajstić information content (AvgIpc) is 2.95. The lowest BCUT2D eigenvalue weighted by Crippen LogP contribution is -2.44. The third-order valence-corrected chi connectivity index (χ3v) is 5.69. The van der Waals surface area contributed by atoms with Crippen LogP contribution in [0.1, 0.15) is 58.3 Å². The molecule has 2 fully saturated rings. The Balaban J connectivity index is 1.86. The highest BCUT2D eigenvalue weighted by Gasteiger charge is 2.34. The van der Waals surface area contributed by atoms with Crippen LogP contribution in [-0.2, 0) is 4.79 Å². The fraction of sp³-hybridized carbons (Fsp3) is 0.941. The summed E-state index contributed by atoms with van der Waals surface area (Å²) in [5.74, 6) is 0.297. The molecule has 1 aliphatic heterocycles. The number of carbonyl (C=O) groups excluding carboxylic acids is 1. The Hall–Kier alpha value is -0.610. The lowest BCUT2D eigenvalue weighted by Gasteiger charge is -2.37. The van der Waals surface area contributed by atoms with Crippen LogP contribution in [0.25, 0.3) is 0 Å². The van der Waals surface area contributed by atoms with Crippen molar-refractivity contribution in [3.05, 3.63) is 0 Å². The molecule has 4 heteroatoms. The molecule has 0 spiro atoms. The molecule has 0 aromatic heterocycles. The van der Waals surface area contributed by atoms with Crippen molar-refractivity contribution in [1.29, 1.82) is 0 Å². The topological polar surface area (TPSA) is 49.6 Å². The van der Waals surface area contributed by atoms with E-state index in [0.717, 1.165) is 25.9 Å². The summed E-state index contributed by atoms with van der Waals surface area (Å²) in [6.07, 6.45) is 9.20. The second-order valence-corrected chi connectivity index (χ2v) is 7.14. The zero-order valence-corrected chi connectivity index (χ0v) is 13.9. The van der Waals surface area contributed by atoms with Gasteiger partial charge in [-0.2, -0.15) is 0 Å². The van der Waals surface area contributed by atoms with Crippen LogP contribution in [0.4, 0.5) is 0 Å². The molecule has 21 heavy (non-hydrogen) atoms. The minimum atomic E-state index is 0.0870. The van der Waals surface area contributed by atoms with E-state index in [-0.39, 0.29) is 5.41 Å². The van der Waals surface area contributed by atoms with Crippen molar-refractivity contribution < 1.29 is 4.79 Å². The molecule has 1 atom stereocenters. The van der Waals surface area contributed by atoms with Gasteiger partial charge in [0.25, 0.3) is 0 Å². The predicted molar refractivity (Wildman–Crippen MR) is 87.1 cm³/mol. The van der Waals surface area contributed by atoms with E-state index in [9.17, 15) is 4.79 Å². The van der Waals surface area contributed by atoms with Crippen LogP contribution in [-0.4, -0.2) is 55.0 Å². The smallest absolute Gasteiger partial charge is 0.222 e. The number of likely N-dealkylation sites (N-methyl/N-ethyl adjacent to an activating group) is 2. The van der Waals surface area contributed by atoms with Gasteiger partial charge in [0.05, 0.1) is 0 Å². The van der Waals surface area contributed by atoms with Gasteiger partial charge in [-0.15, -0.1) is 0 Å². The average molecular weight is 295 g/mol. The minimum Gasteiger partial charge on any atom is -0.344 e. The molecule has 2 N–H and O–H groups in total. The van der Waals surface area contributed by atoms with Gasteiger partial charge in [0.1, 0.15) is 0 Å².